The van der Waals surface area contributed by atoms with Crippen LogP contribution in [0.25, 0.3) is 0 Å². The van der Waals surface area contributed by atoms with E-state index in [0.29, 0.717) is 0 Å². The SMILES string of the molecule is COc1ccc(C)cc1C(F)(F)CNC(C)C. The first-order valence-electron chi connectivity index (χ1n) is 5.63. The van der Waals surface area contributed by atoms with Gasteiger partial charge in [0.1, 0.15) is 5.75 Å². The van der Waals surface area contributed by atoms with Gasteiger partial charge in [-0.3, -0.25) is 0 Å². The Balaban J connectivity index is 2.99. The summed E-state index contributed by atoms with van der Waals surface area (Å²) in [6.07, 6.45) is 0. The van der Waals surface area contributed by atoms with Crippen molar-refractivity contribution in [3.8, 4) is 5.75 Å². The molecule has 0 saturated heterocycles. The molecule has 0 spiro atoms. The molecule has 0 atom stereocenters. The van der Waals surface area contributed by atoms with Crippen molar-refractivity contribution in [1.82, 2.24) is 5.32 Å². The second kappa shape index (κ2) is 5.45. The highest BCUT2D eigenvalue weighted by molar-refractivity contribution is 5.40. The highest BCUT2D eigenvalue weighted by atomic mass is 19.3. The van der Waals surface area contributed by atoms with Gasteiger partial charge in [0.05, 0.1) is 19.2 Å². The van der Waals surface area contributed by atoms with E-state index in [2.05, 4.69) is 5.32 Å². The number of hydrogen-bond acceptors (Lipinski definition) is 2. The average Bonchev–Trinajstić information content (AvgIpc) is 2.26. The van der Waals surface area contributed by atoms with Gasteiger partial charge in [-0.2, -0.15) is 8.78 Å². The third kappa shape index (κ3) is 3.66. The quantitative estimate of drug-likeness (QED) is 0.858. The van der Waals surface area contributed by atoms with Gasteiger partial charge in [0.15, 0.2) is 0 Å². The fourth-order valence-electron chi connectivity index (χ4n) is 1.54. The lowest BCUT2D eigenvalue weighted by Crippen LogP contribution is -2.35. The molecule has 0 radical (unpaired) electrons. The van der Waals surface area contributed by atoms with E-state index in [-0.39, 0.29) is 23.9 Å². The summed E-state index contributed by atoms with van der Waals surface area (Å²) in [7, 11) is 1.40. The minimum absolute atomic E-state index is 0.0247. The van der Waals surface area contributed by atoms with E-state index in [4.69, 9.17) is 4.74 Å². The van der Waals surface area contributed by atoms with Crippen LogP contribution < -0.4 is 10.1 Å². The van der Waals surface area contributed by atoms with Gasteiger partial charge in [-0.1, -0.05) is 25.5 Å². The Morgan fingerprint density at radius 1 is 1.35 bits per heavy atom. The third-order valence-electron chi connectivity index (χ3n) is 2.48. The number of hydrogen-bond donors (Lipinski definition) is 1. The molecule has 1 aromatic carbocycles. The van der Waals surface area contributed by atoms with Crippen LogP contribution in [0.2, 0.25) is 0 Å². The lowest BCUT2D eigenvalue weighted by Gasteiger charge is -2.21. The fraction of sp³-hybridized carbons (Fsp3) is 0.538. The molecule has 0 aromatic heterocycles. The van der Waals surface area contributed by atoms with E-state index < -0.39 is 5.92 Å². The molecule has 1 N–H and O–H groups in total. The summed E-state index contributed by atoms with van der Waals surface area (Å²) in [5, 5.41) is 2.75. The number of alkyl halides is 2. The molecule has 0 heterocycles. The van der Waals surface area contributed by atoms with Crippen molar-refractivity contribution >= 4 is 0 Å². The summed E-state index contributed by atoms with van der Waals surface area (Å²) in [5.74, 6) is -2.70. The van der Waals surface area contributed by atoms with E-state index in [1.807, 2.05) is 13.8 Å². The van der Waals surface area contributed by atoms with E-state index in [1.165, 1.54) is 13.2 Å². The minimum atomic E-state index is -2.93. The maximum absolute atomic E-state index is 14.0. The number of aryl methyl sites for hydroxylation is 1. The minimum Gasteiger partial charge on any atom is -0.496 e. The molecule has 96 valence electrons. The van der Waals surface area contributed by atoms with Gasteiger partial charge >= 0.3 is 0 Å². The van der Waals surface area contributed by atoms with Crippen LogP contribution in [0.3, 0.4) is 0 Å². The number of methoxy groups -OCH3 is 1. The van der Waals surface area contributed by atoms with E-state index in [1.54, 1.807) is 19.1 Å². The molecule has 0 saturated carbocycles. The molecule has 0 amide bonds. The van der Waals surface area contributed by atoms with Gasteiger partial charge in [0, 0.05) is 6.04 Å². The predicted octanol–water partition coefficient (Wildman–Crippen LogP) is 3.09. The van der Waals surface area contributed by atoms with Crippen molar-refractivity contribution in [2.24, 2.45) is 0 Å². The Morgan fingerprint density at radius 3 is 2.53 bits per heavy atom. The molecule has 0 aliphatic rings. The molecular formula is C13H19F2NO. The lowest BCUT2D eigenvalue weighted by molar-refractivity contribution is -0.00699. The molecule has 17 heavy (non-hydrogen) atoms. The van der Waals surface area contributed by atoms with Crippen LogP contribution >= 0.6 is 0 Å². The monoisotopic (exact) mass is 243 g/mol. The Labute approximate surface area is 101 Å². The fourth-order valence-corrected chi connectivity index (χ4v) is 1.54. The van der Waals surface area contributed by atoms with Crippen molar-refractivity contribution < 1.29 is 13.5 Å². The second-order valence-electron chi connectivity index (χ2n) is 4.44. The maximum Gasteiger partial charge on any atom is 0.288 e. The second-order valence-corrected chi connectivity index (χ2v) is 4.44. The largest absolute Gasteiger partial charge is 0.496 e. The Hall–Kier alpha value is -1.16. The molecule has 0 fully saturated rings. The van der Waals surface area contributed by atoms with Crippen molar-refractivity contribution in [2.45, 2.75) is 32.7 Å². The van der Waals surface area contributed by atoms with Crippen LogP contribution in [0.1, 0.15) is 25.0 Å². The molecule has 1 rings (SSSR count). The Kier molecular flexibility index (Phi) is 4.46. The van der Waals surface area contributed by atoms with Crippen molar-refractivity contribution in [1.29, 1.82) is 0 Å². The maximum atomic E-state index is 14.0. The zero-order valence-corrected chi connectivity index (χ0v) is 10.7. The standard InChI is InChI=1S/C13H19F2NO/c1-9(2)16-8-13(14,15)11-7-10(3)5-6-12(11)17-4/h5-7,9,16H,8H2,1-4H3. The van der Waals surface area contributed by atoms with Crippen LogP contribution in [0.15, 0.2) is 18.2 Å². The number of benzene rings is 1. The number of ether oxygens (including phenoxy) is 1. The molecule has 2 nitrogen and oxygen atoms in total. The lowest BCUT2D eigenvalue weighted by atomic mass is 10.0. The Bertz CT molecular complexity index is 378. The van der Waals surface area contributed by atoms with E-state index >= 15 is 0 Å². The van der Waals surface area contributed by atoms with Gasteiger partial charge in [-0.25, -0.2) is 0 Å². The third-order valence-corrected chi connectivity index (χ3v) is 2.48. The number of nitrogens with one attached hydrogen (secondary N) is 1. The smallest absolute Gasteiger partial charge is 0.288 e. The summed E-state index contributed by atoms with van der Waals surface area (Å²) < 4.78 is 33.0. The molecule has 4 heteroatoms. The number of rotatable bonds is 5. The van der Waals surface area contributed by atoms with Gasteiger partial charge in [-0.05, 0) is 19.1 Å². The van der Waals surface area contributed by atoms with Crippen LogP contribution in [-0.4, -0.2) is 19.7 Å². The first kappa shape index (κ1) is 13.9. The zero-order chi connectivity index (χ0) is 13.1. The van der Waals surface area contributed by atoms with E-state index in [0.717, 1.165) is 5.56 Å². The topological polar surface area (TPSA) is 21.3 Å². The van der Waals surface area contributed by atoms with Gasteiger partial charge in [0.25, 0.3) is 5.92 Å². The normalized spacial score (nSPS) is 11.9. The highest BCUT2D eigenvalue weighted by Crippen LogP contribution is 2.35. The summed E-state index contributed by atoms with van der Waals surface area (Å²) in [5.41, 5.74) is 0.734. The molecule has 0 unspecified atom stereocenters. The first-order valence-corrected chi connectivity index (χ1v) is 5.63. The van der Waals surface area contributed by atoms with Crippen LogP contribution in [0, 0.1) is 6.92 Å². The number of halogens is 2. The molecule has 0 bridgehead atoms. The summed E-state index contributed by atoms with van der Waals surface area (Å²) in [6.45, 7) is 5.08. The van der Waals surface area contributed by atoms with Crippen LogP contribution in [-0.2, 0) is 5.92 Å². The zero-order valence-electron chi connectivity index (χ0n) is 10.7. The first-order chi connectivity index (χ1) is 7.86. The highest BCUT2D eigenvalue weighted by Gasteiger charge is 2.34. The van der Waals surface area contributed by atoms with Gasteiger partial charge < -0.3 is 10.1 Å². The van der Waals surface area contributed by atoms with E-state index in [9.17, 15) is 8.78 Å². The molecule has 0 aliphatic carbocycles. The summed E-state index contributed by atoms with van der Waals surface area (Å²) >= 11 is 0. The predicted molar refractivity (Wildman–Crippen MR) is 64.8 cm³/mol. The van der Waals surface area contributed by atoms with Crippen LogP contribution in [0.4, 0.5) is 8.78 Å². The average molecular weight is 243 g/mol. The van der Waals surface area contributed by atoms with Crippen molar-refractivity contribution in [2.75, 3.05) is 13.7 Å². The van der Waals surface area contributed by atoms with Gasteiger partial charge in [-0.15, -0.1) is 0 Å². The summed E-state index contributed by atoms with van der Waals surface area (Å²) in [6, 6.07) is 4.83. The molecule has 1 aromatic rings. The molecule has 0 aliphatic heterocycles. The van der Waals surface area contributed by atoms with Crippen LogP contribution in [0.5, 0.6) is 5.75 Å². The van der Waals surface area contributed by atoms with Gasteiger partial charge in [0.2, 0.25) is 0 Å². The van der Waals surface area contributed by atoms with Crippen molar-refractivity contribution in [3.05, 3.63) is 29.3 Å². The Morgan fingerprint density at radius 2 is 2.00 bits per heavy atom. The van der Waals surface area contributed by atoms with Crippen molar-refractivity contribution in [3.63, 3.8) is 0 Å². The molecular weight excluding hydrogens is 224 g/mol. The summed E-state index contributed by atoms with van der Waals surface area (Å²) in [4.78, 5) is 0.